The van der Waals surface area contributed by atoms with Crippen LogP contribution in [0.2, 0.25) is 0 Å². The van der Waals surface area contributed by atoms with E-state index in [0.717, 1.165) is 9.90 Å². The summed E-state index contributed by atoms with van der Waals surface area (Å²) in [6, 6.07) is 13.7. The Kier molecular flexibility index (Phi) is 5.22. The Balaban J connectivity index is 1.56. The lowest BCUT2D eigenvalue weighted by Crippen LogP contribution is -2.13. The highest BCUT2D eigenvalue weighted by Gasteiger charge is 2.10. The Morgan fingerprint density at radius 1 is 1.17 bits per heavy atom. The highest BCUT2D eigenvalue weighted by molar-refractivity contribution is 8.01. The van der Waals surface area contributed by atoms with Gasteiger partial charge in [-0.15, -0.1) is 0 Å². The number of carbonyl (C=O) groups excluding carboxylic acids is 1. The monoisotopic (exact) mass is 359 g/mol. The number of thioether (sulfide) groups is 1. The van der Waals surface area contributed by atoms with Crippen molar-refractivity contribution >= 4 is 34.9 Å². The molecule has 0 aliphatic heterocycles. The smallest absolute Gasteiger partial charge is 0.234 e. The van der Waals surface area contributed by atoms with Crippen molar-refractivity contribution in [2.75, 3.05) is 11.1 Å². The second kappa shape index (κ2) is 7.55. The summed E-state index contributed by atoms with van der Waals surface area (Å²) in [6.45, 7) is 2.03. The van der Waals surface area contributed by atoms with E-state index in [4.69, 9.17) is 0 Å². The van der Waals surface area contributed by atoms with E-state index in [1.807, 2.05) is 31.2 Å². The molecule has 0 bridgehead atoms. The molecule has 1 aromatic heterocycles. The number of aryl methyl sites for hydroxylation is 1. The summed E-state index contributed by atoms with van der Waals surface area (Å²) in [4.78, 5) is 16.4. The van der Waals surface area contributed by atoms with Gasteiger partial charge in [-0.25, -0.2) is 9.37 Å². The lowest BCUT2D eigenvalue weighted by atomic mass is 10.1. The van der Waals surface area contributed by atoms with Crippen LogP contribution in [-0.2, 0) is 4.79 Å². The average molecular weight is 359 g/mol. The maximum Gasteiger partial charge on any atom is 0.234 e. The van der Waals surface area contributed by atoms with Gasteiger partial charge in [-0.2, -0.15) is 4.37 Å². The fraction of sp³-hybridized carbons (Fsp3) is 0.118. The summed E-state index contributed by atoms with van der Waals surface area (Å²) in [7, 11) is 0. The van der Waals surface area contributed by atoms with Crippen LogP contribution in [0.15, 0.2) is 52.9 Å². The maximum absolute atomic E-state index is 12.8. The van der Waals surface area contributed by atoms with Gasteiger partial charge in [0.05, 0.1) is 5.75 Å². The molecule has 2 aromatic carbocycles. The first kappa shape index (κ1) is 16.6. The van der Waals surface area contributed by atoms with Crippen LogP contribution in [0.4, 0.5) is 10.1 Å². The molecular formula is C17H14FN3OS2. The van der Waals surface area contributed by atoms with Crippen molar-refractivity contribution in [3.63, 3.8) is 0 Å². The number of aromatic nitrogens is 2. The second-order valence-electron chi connectivity index (χ2n) is 5.09. The van der Waals surface area contributed by atoms with E-state index in [1.54, 1.807) is 0 Å². The van der Waals surface area contributed by atoms with Crippen LogP contribution >= 0.6 is 23.3 Å². The zero-order valence-corrected chi connectivity index (χ0v) is 14.5. The molecule has 0 aliphatic rings. The third kappa shape index (κ3) is 4.39. The lowest BCUT2D eigenvalue weighted by molar-refractivity contribution is -0.113. The zero-order valence-electron chi connectivity index (χ0n) is 12.8. The van der Waals surface area contributed by atoms with Crippen LogP contribution < -0.4 is 5.32 Å². The molecule has 3 rings (SSSR count). The number of halogens is 1. The molecule has 1 amide bonds. The van der Waals surface area contributed by atoms with Gasteiger partial charge in [0.1, 0.15) is 5.82 Å². The summed E-state index contributed by atoms with van der Waals surface area (Å²) >= 11 is 2.60. The largest absolute Gasteiger partial charge is 0.325 e. The van der Waals surface area contributed by atoms with Crippen LogP contribution in [0.25, 0.3) is 11.4 Å². The fourth-order valence-electron chi connectivity index (χ4n) is 1.95. The molecule has 0 saturated carbocycles. The van der Waals surface area contributed by atoms with Crippen LogP contribution in [0.5, 0.6) is 0 Å². The van der Waals surface area contributed by atoms with E-state index in [0.29, 0.717) is 11.5 Å². The Morgan fingerprint density at radius 2 is 1.88 bits per heavy atom. The SMILES string of the molecule is Cc1ccc(-c2nsc(SCC(=O)Nc3ccc(F)cc3)n2)cc1. The molecule has 0 radical (unpaired) electrons. The molecule has 3 aromatic rings. The molecule has 0 saturated heterocycles. The van der Waals surface area contributed by atoms with Crippen LogP contribution in [0, 0.1) is 12.7 Å². The van der Waals surface area contributed by atoms with Gasteiger partial charge in [-0.05, 0) is 42.7 Å². The number of carbonyl (C=O) groups is 1. The fourth-order valence-corrected chi connectivity index (χ4v) is 3.36. The minimum Gasteiger partial charge on any atom is -0.325 e. The van der Waals surface area contributed by atoms with Crippen molar-refractivity contribution in [3.8, 4) is 11.4 Å². The lowest BCUT2D eigenvalue weighted by Gasteiger charge is -2.03. The molecule has 0 atom stereocenters. The topological polar surface area (TPSA) is 54.9 Å². The third-order valence-electron chi connectivity index (χ3n) is 3.17. The van der Waals surface area contributed by atoms with Crippen molar-refractivity contribution in [1.29, 1.82) is 0 Å². The zero-order chi connectivity index (χ0) is 16.9. The Labute approximate surface area is 147 Å². The summed E-state index contributed by atoms with van der Waals surface area (Å²) in [5.41, 5.74) is 2.71. The molecule has 24 heavy (non-hydrogen) atoms. The number of benzene rings is 2. The number of anilines is 1. The highest BCUT2D eigenvalue weighted by atomic mass is 32.2. The van der Waals surface area contributed by atoms with Gasteiger partial charge in [0, 0.05) is 11.3 Å². The molecule has 122 valence electrons. The van der Waals surface area contributed by atoms with Gasteiger partial charge in [0.15, 0.2) is 10.2 Å². The number of hydrogen-bond donors (Lipinski definition) is 1. The Hall–Kier alpha value is -2.25. The van der Waals surface area contributed by atoms with Crippen molar-refractivity contribution in [2.24, 2.45) is 0 Å². The van der Waals surface area contributed by atoms with Crippen molar-refractivity contribution in [1.82, 2.24) is 9.36 Å². The van der Waals surface area contributed by atoms with Crippen LogP contribution in [-0.4, -0.2) is 21.0 Å². The first-order valence-electron chi connectivity index (χ1n) is 7.19. The molecule has 0 unspecified atom stereocenters. The summed E-state index contributed by atoms with van der Waals surface area (Å²) < 4.78 is 17.9. The van der Waals surface area contributed by atoms with Gasteiger partial charge in [-0.3, -0.25) is 4.79 Å². The van der Waals surface area contributed by atoms with Crippen LogP contribution in [0.3, 0.4) is 0 Å². The third-order valence-corrected chi connectivity index (χ3v) is 5.01. The van der Waals surface area contributed by atoms with E-state index in [2.05, 4.69) is 14.7 Å². The molecule has 1 N–H and O–H groups in total. The maximum atomic E-state index is 12.8. The molecular weight excluding hydrogens is 345 g/mol. The molecule has 0 aliphatic carbocycles. The molecule has 7 heteroatoms. The Morgan fingerprint density at radius 3 is 2.58 bits per heavy atom. The van der Waals surface area contributed by atoms with Gasteiger partial charge in [-0.1, -0.05) is 41.6 Å². The second-order valence-corrected chi connectivity index (χ2v) is 7.07. The number of amides is 1. The quantitative estimate of drug-likeness (QED) is 0.687. The summed E-state index contributed by atoms with van der Waals surface area (Å²) in [6.07, 6.45) is 0. The molecule has 1 heterocycles. The first-order valence-corrected chi connectivity index (χ1v) is 8.95. The van der Waals surface area contributed by atoms with Gasteiger partial charge < -0.3 is 5.32 Å². The summed E-state index contributed by atoms with van der Waals surface area (Å²) in [5, 5.41) is 2.71. The van der Waals surface area contributed by atoms with E-state index in [-0.39, 0.29) is 17.5 Å². The highest BCUT2D eigenvalue weighted by Crippen LogP contribution is 2.25. The predicted octanol–water partition coefficient (Wildman–Crippen LogP) is 4.38. The normalized spacial score (nSPS) is 10.6. The average Bonchev–Trinajstić information content (AvgIpc) is 3.05. The summed E-state index contributed by atoms with van der Waals surface area (Å²) in [5.74, 6) is 0.389. The number of hydrogen-bond acceptors (Lipinski definition) is 5. The number of rotatable bonds is 5. The van der Waals surface area contributed by atoms with E-state index in [9.17, 15) is 9.18 Å². The standard InChI is InChI=1S/C17H14FN3OS2/c1-11-2-4-12(5-3-11)16-20-17(24-21-16)23-10-15(22)19-14-8-6-13(18)7-9-14/h2-9H,10H2,1H3,(H,19,22). The van der Waals surface area contributed by atoms with Gasteiger partial charge in [0.2, 0.25) is 5.91 Å². The van der Waals surface area contributed by atoms with Gasteiger partial charge >= 0.3 is 0 Å². The van der Waals surface area contributed by atoms with Crippen molar-refractivity contribution < 1.29 is 9.18 Å². The Bertz CT molecular complexity index is 832. The van der Waals surface area contributed by atoms with Crippen molar-refractivity contribution in [2.45, 2.75) is 11.3 Å². The van der Waals surface area contributed by atoms with E-state index in [1.165, 1.54) is 53.1 Å². The molecule has 0 fully saturated rings. The number of nitrogens with one attached hydrogen (secondary N) is 1. The minimum atomic E-state index is -0.333. The molecule has 4 nitrogen and oxygen atoms in total. The van der Waals surface area contributed by atoms with E-state index >= 15 is 0 Å². The first-order chi connectivity index (χ1) is 11.6. The molecule has 0 spiro atoms. The van der Waals surface area contributed by atoms with Crippen LogP contribution in [0.1, 0.15) is 5.56 Å². The van der Waals surface area contributed by atoms with E-state index < -0.39 is 0 Å². The van der Waals surface area contributed by atoms with Gasteiger partial charge in [0.25, 0.3) is 0 Å². The predicted molar refractivity (Wildman–Crippen MR) is 95.8 cm³/mol. The van der Waals surface area contributed by atoms with Crippen molar-refractivity contribution in [3.05, 3.63) is 59.9 Å². The minimum absolute atomic E-state index is 0.168. The number of nitrogens with zero attached hydrogens (tertiary/aromatic N) is 2.